The Balaban J connectivity index is 1.91. The van der Waals surface area contributed by atoms with E-state index >= 15 is 0 Å². The highest BCUT2D eigenvalue weighted by atomic mass is 32.2. The fourth-order valence-corrected chi connectivity index (χ4v) is 4.04. The predicted octanol–water partition coefficient (Wildman–Crippen LogP) is 4.39. The molecule has 0 saturated heterocycles. The first-order valence-electron chi connectivity index (χ1n) is 10.4. The number of hydrogen-bond acceptors (Lipinski definition) is 7. The molecule has 3 rings (SSSR count). The molecule has 2 N–H and O–H groups in total. The van der Waals surface area contributed by atoms with Gasteiger partial charge in [-0.2, -0.15) is 0 Å². The van der Waals surface area contributed by atoms with Crippen molar-refractivity contribution in [2.75, 3.05) is 38.5 Å². The molecule has 0 saturated carbocycles. The molecule has 10 heteroatoms. The van der Waals surface area contributed by atoms with Crippen LogP contribution in [0.5, 0.6) is 23.0 Å². The molecule has 0 heterocycles. The number of sulfonamides is 1. The van der Waals surface area contributed by atoms with Gasteiger partial charge in [-0.15, -0.1) is 0 Å². The molecule has 0 radical (unpaired) electrons. The quantitative estimate of drug-likeness (QED) is 0.426. The lowest BCUT2D eigenvalue weighted by Crippen LogP contribution is -2.16. The molecule has 0 aliphatic carbocycles. The molecule has 0 spiro atoms. The fourth-order valence-electron chi connectivity index (χ4n) is 3.17. The standard InChI is InChI=1S/C25H26N2O7S/c1-31-18-10-11-21(22(14-18)26-25(28)17-8-6-5-7-9-17)27-35(29,30)13-12-20-23(33-3)15-19(32-2)16-24(20)34-4/h5-16,27H,1-4H3,(H,26,28). The number of hydrogen-bond donors (Lipinski definition) is 2. The van der Waals surface area contributed by atoms with Crippen molar-refractivity contribution in [2.45, 2.75) is 0 Å². The Bertz CT molecular complexity index is 1300. The summed E-state index contributed by atoms with van der Waals surface area (Å²) in [5, 5.41) is 3.70. The van der Waals surface area contributed by atoms with E-state index in [-0.39, 0.29) is 11.4 Å². The largest absolute Gasteiger partial charge is 0.497 e. The average molecular weight is 499 g/mol. The van der Waals surface area contributed by atoms with Crippen molar-refractivity contribution in [1.82, 2.24) is 0 Å². The molecule has 184 valence electrons. The normalized spacial score (nSPS) is 11.1. The van der Waals surface area contributed by atoms with Crippen LogP contribution in [0.4, 0.5) is 11.4 Å². The van der Waals surface area contributed by atoms with Crippen LogP contribution in [-0.2, 0) is 10.0 Å². The zero-order valence-electron chi connectivity index (χ0n) is 19.7. The highest BCUT2D eigenvalue weighted by Gasteiger charge is 2.16. The van der Waals surface area contributed by atoms with Crippen molar-refractivity contribution in [2.24, 2.45) is 0 Å². The Labute approximate surface area is 204 Å². The van der Waals surface area contributed by atoms with E-state index in [4.69, 9.17) is 18.9 Å². The van der Waals surface area contributed by atoms with Crippen molar-refractivity contribution in [1.29, 1.82) is 0 Å². The van der Waals surface area contributed by atoms with Gasteiger partial charge in [-0.3, -0.25) is 9.52 Å². The summed E-state index contributed by atoms with van der Waals surface area (Å²) in [6.45, 7) is 0. The second-order valence-electron chi connectivity index (χ2n) is 7.13. The second-order valence-corrected chi connectivity index (χ2v) is 8.69. The van der Waals surface area contributed by atoms with Gasteiger partial charge in [-0.25, -0.2) is 8.42 Å². The van der Waals surface area contributed by atoms with Crippen molar-refractivity contribution in [3.8, 4) is 23.0 Å². The molecule has 9 nitrogen and oxygen atoms in total. The summed E-state index contributed by atoms with van der Waals surface area (Å²) in [7, 11) is 1.88. The average Bonchev–Trinajstić information content (AvgIpc) is 2.88. The minimum absolute atomic E-state index is 0.161. The van der Waals surface area contributed by atoms with Crippen molar-refractivity contribution in [3.05, 3.63) is 77.2 Å². The smallest absolute Gasteiger partial charge is 0.255 e. The monoisotopic (exact) mass is 498 g/mol. The van der Waals surface area contributed by atoms with Crippen molar-refractivity contribution < 1.29 is 32.2 Å². The number of carbonyl (C=O) groups is 1. The summed E-state index contributed by atoms with van der Waals surface area (Å²) in [6, 6.07) is 16.4. The number of anilines is 2. The molecule has 0 unspecified atom stereocenters. The van der Waals surface area contributed by atoms with Crippen LogP contribution < -0.4 is 29.0 Å². The van der Waals surface area contributed by atoms with Gasteiger partial charge in [-0.05, 0) is 30.3 Å². The number of ether oxygens (including phenoxy) is 4. The van der Waals surface area contributed by atoms with Gasteiger partial charge in [0.1, 0.15) is 23.0 Å². The zero-order valence-corrected chi connectivity index (χ0v) is 20.5. The highest BCUT2D eigenvalue weighted by molar-refractivity contribution is 7.95. The number of carbonyl (C=O) groups excluding carboxylic acids is 1. The van der Waals surface area contributed by atoms with E-state index < -0.39 is 15.9 Å². The summed E-state index contributed by atoms with van der Waals surface area (Å²) in [4.78, 5) is 12.7. The van der Waals surface area contributed by atoms with Gasteiger partial charge in [0, 0.05) is 23.8 Å². The van der Waals surface area contributed by atoms with Crippen LogP contribution in [0.3, 0.4) is 0 Å². The number of nitrogens with one attached hydrogen (secondary N) is 2. The lowest BCUT2D eigenvalue weighted by molar-refractivity contribution is 0.102. The van der Waals surface area contributed by atoms with Crippen LogP contribution >= 0.6 is 0 Å². The van der Waals surface area contributed by atoms with Gasteiger partial charge in [0.15, 0.2) is 0 Å². The van der Waals surface area contributed by atoms with Crippen molar-refractivity contribution >= 4 is 33.4 Å². The number of rotatable bonds is 10. The Hall–Kier alpha value is -4.18. The van der Waals surface area contributed by atoms with Crippen molar-refractivity contribution in [3.63, 3.8) is 0 Å². The van der Waals surface area contributed by atoms with E-state index in [9.17, 15) is 13.2 Å². The van der Waals surface area contributed by atoms with E-state index in [0.29, 0.717) is 34.1 Å². The van der Waals surface area contributed by atoms with Gasteiger partial charge in [-0.1, -0.05) is 18.2 Å². The van der Waals surface area contributed by atoms with Crippen LogP contribution in [0.25, 0.3) is 6.08 Å². The highest BCUT2D eigenvalue weighted by Crippen LogP contribution is 2.35. The molecular weight excluding hydrogens is 472 g/mol. The first-order chi connectivity index (χ1) is 16.8. The lowest BCUT2D eigenvalue weighted by atomic mass is 10.1. The van der Waals surface area contributed by atoms with Crippen LogP contribution in [0.2, 0.25) is 0 Å². The molecule has 35 heavy (non-hydrogen) atoms. The van der Waals surface area contributed by atoms with Gasteiger partial charge in [0.25, 0.3) is 15.9 Å². The maximum Gasteiger partial charge on any atom is 0.255 e. The van der Waals surface area contributed by atoms with E-state index in [1.54, 1.807) is 48.5 Å². The number of benzene rings is 3. The zero-order chi connectivity index (χ0) is 25.4. The summed E-state index contributed by atoms with van der Waals surface area (Å²) >= 11 is 0. The predicted molar refractivity (Wildman–Crippen MR) is 135 cm³/mol. The summed E-state index contributed by atoms with van der Waals surface area (Å²) in [5.74, 6) is 1.27. The fraction of sp³-hybridized carbons (Fsp3) is 0.160. The number of methoxy groups -OCH3 is 4. The first-order valence-corrected chi connectivity index (χ1v) is 11.9. The second kappa shape index (κ2) is 11.3. The Morgan fingerprint density at radius 2 is 1.40 bits per heavy atom. The van der Waals surface area contributed by atoms with E-state index in [2.05, 4.69) is 10.0 Å². The third kappa shape index (κ3) is 6.45. The lowest BCUT2D eigenvalue weighted by Gasteiger charge is -2.14. The molecule has 3 aromatic rings. The summed E-state index contributed by atoms with van der Waals surface area (Å²) < 4.78 is 49.4. The Morgan fingerprint density at radius 3 is 1.97 bits per heavy atom. The molecule has 0 aliphatic heterocycles. The molecule has 0 aliphatic rings. The molecule has 1 amide bonds. The maximum absolute atomic E-state index is 12.9. The molecule has 0 fully saturated rings. The van der Waals surface area contributed by atoms with Gasteiger partial charge in [0.05, 0.1) is 50.8 Å². The maximum atomic E-state index is 12.9. The van der Waals surface area contributed by atoms with E-state index in [1.165, 1.54) is 46.6 Å². The minimum atomic E-state index is -4.01. The molecule has 0 aromatic heterocycles. The molecular formula is C25H26N2O7S. The van der Waals surface area contributed by atoms with E-state index in [0.717, 1.165) is 5.41 Å². The summed E-state index contributed by atoms with van der Waals surface area (Å²) in [5.41, 5.74) is 1.22. The van der Waals surface area contributed by atoms with Gasteiger partial charge < -0.3 is 24.3 Å². The van der Waals surface area contributed by atoms with Crippen LogP contribution in [0.1, 0.15) is 15.9 Å². The topological polar surface area (TPSA) is 112 Å². The Morgan fingerprint density at radius 1 is 0.771 bits per heavy atom. The first kappa shape index (κ1) is 25.4. The van der Waals surface area contributed by atoms with Gasteiger partial charge in [0.2, 0.25) is 0 Å². The molecule has 0 atom stereocenters. The van der Waals surface area contributed by atoms with Crippen LogP contribution in [0.15, 0.2) is 66.1 Å². The molecule has 0 bridgehead atoms. The SMILES string of the molecule is COc1ccc(NS(=O)(=O)C=Cc2c(OC)cc(OC)cc2OC)c(NC(=O)c2ccccc2)c1. The van der Waals surface area contributed by atoms with Gasteiger partial charge >= 0.3 is 0 Å². The Kier molecular flexibility index (Phi) is 8.21. The third-order valence-electron chi connectivity index (χ3n) is 4.93. The molecule has 3 aromatic carbocycles. The van der Waals surface area contributed by atoms with Crippen LogP contribution in [0, 0.1) is 0 Å². The minimum Gasteiger partial charge on any atom is -0.497 e. The van der Waals surface area contributed by atoms with Crippen LogP contribution in [-0.4, -0.2) is 42.8 Å². The van der Waals surface area contributed by atoms with E-state index in [1.807, 2.05) is 0 Å². The summed E-state index contributed by atoms with van der Waals surface area (Å²) in [6.07, 6.45) is 1.35. The number of amides is 1. The third-order valence-corrected chi connectivity index (χ3v) is 5.93.